The molecule has 0 radical (unpaired) electrons. The first-order valence-electron chi connectivity index (χ1n) is 15.1. The summed E-state index contributed by atoms with van der Waals surface area (Å²) in [7, 11) is -4.61. The van der Waals surface area contributed by atoms with Crippen LogP contribution in [0.2, 0.25) is 0 Å². The van der Waals surface area contributed by atoms with Gasteiger partial charge in [-0.05, 0) is 54.9 Å². The predicted molar refractivity (Wildman–Crippen MR) is 173 cm³/mol. The number of hydrogen-bond acceptors (Lipinski definition) is 7. The van der Waals surface area contributed by atoms with Crippen molar-refractivity contribution in [2.75, 3.05) is 13.2 Å². The summed E-state index contributed by atoms with van der Waals surface area (Å²) < 4.78 is 49.0. The van der Waals surface area contributed by atoms with E-state index in [1.54, 1.807) is 36.4 Å². The average Bonchev–Trinajstić information content (AvgIpc) is 3.33. The minimum atomic E-state index is -4.61. The molecule has 1 aliphatic rings. The molecule has 0 amide bonds. The molecule has 8 nitrogen and oxygen atoms in total. The van der Waals surface area contributed by atoms with Crippen molar-refractivity contribution in [3.8, 4) is 0 Å². The normalized spacial score (nSPS) is 18.9. The number of aryl methyl sites for hydroxylation is 3. The van der Waals surface area contributed by atoms with Gasteiger partial charge in [0.25, 0.3) is 5.54 Å². The number of carbonyl (C=O) groups is 2. The lowest BCUT2D eigenvalue weighted by Gasteiger charge is -2.37. The van der Waals surface area contributed by atoms with Gasteiger partial charge < -0.3 is 14.2 Å². The Hall–Kier alpha value is -3.53. The molecule has 1 fully saturated rings. The van der Waals surface area contributed by atoms with Gasteiger partial charge in [-0.2, -0.15) is 0 Å². The van der Waals surface area contributed by atoms with Gasteiger partial charge in [0, 0.05) is 0 Å². The fraction of sp³-hybridized carbons (Fsp3) is 0.444. The number of benzene rings is 3. The molecule has 0 aromatic heterocycles. The van der Waals surface area contributed by atoms with Crippen LogP contribution in [0.5, 0.6) is 0 Å². The zero-order chi connectivity index (χ0) is 33.4. The molecule has 0 bridgehead atoms. The summed E-state index contributed by atoms with van der Waals surface area (Å²) >= 11 is 0. The fourth-order valence-electron chi connectivity index (χ4n) is 4.99. The Balaban J connectivity index is 2.08. The van der Waals surface area contributed by atoms with Crippen LogP contribution < -0.4 is 0 Å². The van der Waals surface area contributed by atoms with E-state index in [4.69, 9.17) is 14.2 Å². The smallest absolute Gasteiger partial charge is 0.342 e. The zero-order valence-electron chi connectivity index (χ0n) is 27.7. The standard InChI is InChI=1S/C36H45NO7S/c1-24-10-16-27(17-11-24)30-36(32(38)42-22-34(4,5)6,33(39)43-23-35(7,8)9)37(31(44-30)28-18-12-25(2)13-19-28)45(40,41)29-20-14-26(3)15-21-29/h10-21,30-31H,22-23H2,1-9H3/t30-,31?/m1/s1. The SMILES string of the molecule is Cc1ccc(C2O[C@H](c3ccc(C)cc3)C(C(=O)OCC(C)(C)C)(C(=O)OCC(C)(C)C)N2S(=O)(=O)c2ccc(C)cc2)cc1. The van der Waals surface area contributed by atoms with Crippen molar-refractivity contribution < 1.29 is 32.2 Å². The summed E-state index contributed by atoms with van der Waals surface area (Å²) in [5.74, 6) is -2.13. The molecule has 4 rings (SSSR count). The summed E-state index contributed by atoms with van der Waals surface area (Å²) in [5, 5.41) is 0. The minimum absolute atomic E-state index is 0.0750. The molecule has 1 saturated heterocycles. The van der Waals surface area contributed by atoms with Crippen molar-refractivity contribution in [3.63, 3.8) is 0 Å². The Labute approximate surface area is 267 Å². The van der Waals surface area contributed by atoms with Crippen LogP contribution in [0.1, 0.15) is 81.7 Å². The Morgan fingerprint density at radius 2 is 1.07 bits per heavy atom. The zero-order valence-corrected chi connectivity index (χ0v) is 28.5. The number of carbonyl (C=O) groups excluding carboxylic acids is 2. The van der Waals surface area contributed by atoms with Crippen molar-refractivity contribution in [2.45, 2.75) is 85.1 Å². The van der Waals surface area contributed by atoms with Crippen molar-refractivity contribution in [1.82, 2.24) is 4.31 Å². The number of nitrogens with zero attached hydrogens (tertiary/aromatic N) is 1. The van der Waals surface area contributed by atoms with E-state index in [1.807, 2.05) is 86.6 Å². The average molecular weight is 636 g/mol. The van der Waals surface area contributed by atoms with E-state index in [-0.39, 0.29) is 18.1 Å². The van der Waals surface area contributed by atoms with Gasteiger partial charge in [0.05, 0.1) is 18.1 Å². The molecule has 9 heteroatoms. The highest BCUT2D eigenvalue weighted by Crippen LogP contribution is 2.53. The number of esters is 2. The molecule has 0 N–H and O–H groups in total. The van der Waals surface area contributed by atoms with Gasteiger partial charge >= 0.3 is 11.9 Å². The lowest BCUT2D eigenvalue weighted by Crippen LogP contribution is -2.63. The highest BCUT2D eigenvalue weighted by molar-refractivity contribution is 7.89. The minimum Gasteiger partial charge on any atom is -0.463 e. The van der Waals surface area contributed by atoms with Crippen molar-refractivity contribution in [1.29, 1.82) is 0 Å². The first kappa shape index (κ1) is 34.3. The fourth-order valence-corrected chi connectivity index (χ4v) is 6.74. The summed E-state index contributed by atoms with van der Waals surface area (Å²) in [5.41, 5.74) is 0.0731. The topological polar surface area (TPSA) is 99.2 Å². The van der Waals surface area contributed by atoms with Gasteiger partial charge in [0.2, 0.25) is 10.0 Å². The number of sulfonamides is 1. The largest absolute Gasteiger partial charge is 0.463 e. The lowest BCUT2D eigenvalue weighted by atomic mass is 9.87. The summed E-state index contributed by atoms with van der Waals surface area (Å²) in [4.78, 5) is 29.3. The third-order valence-corrected chi connectivity index (χ3v) is 9.29. The first-order valence-corrected chi connectivity index (χ1v) is 16.5. The second kappa shape index (κ2) is 12.7. The third kappa shape index (κ3) is 7.32. The summed E-state index contributed by atoms with van der Waals surface area (Å²) in [6.07, 6.45) is -2.77. The molecular weight excluding hydrogens is 590 g/mol. The van der Waals surface area contributed by atoms with Crippen LogP contribution in [0.4, 0.5) is 0 Å². The predicted octanol–water partition coefficient (Wildman–Crippen LogP) is 6.99. The van der Waals surface area contributed by atoms with E-state index in [2.05, 4.69) is 0 Å². The molecule has 242 valence electrons. The molecule has 1 unspecified atom stereocenters. The Morgan fingerprint density at radius 1 is 0.689 bits per heavy atom. The Morgan fingerprint density at radius 3 is 1.47 bits per heavy atom. The van der Waals surface area contributed by atoms with Gasteiger partial charge in [0.1, 0.15) is 6.10 Å². The van der Waals surface area contributed by atoms with E-state index >= 15 is 0 Å². The van der Waals surface area contributed by atoms with Crippen LogP contribution in [0.15, 0.2) is 77.7 Å². The highest BCUT2D eigenvalue weighted by Gasteiger charge is 2.71. The van der Waals surface area contributed by atoms with Crippen molar-refractivity contribution >= 4 is 22.0 Å². The highest BCUT2D eigenvalue weighted by atomic mass is 32.2. The van der Waals surface area contributed by atoms with Crippen LogP contribution in [0, 0.1) is 31.6 Å². The third-order valence-electron chi connectivity index (χ3n) is 7.42. The van der Waals surface area contributed by atoms with Crippen molar-refractivity contribution in [2.24, 2.45) is 10.8 Å². The van der Waals surface area contributed by atoms with Gasteiger partial charge in [-0.25, -0.2) is 18.0 Å². The molecular formula is C36H45NO7S. The lowest BCUT2D eigenvalue weighted by molar-refractivity contribution is -0.176. The van der Waals surface area contributed by atoms with E-state index < -0.39 is 50.7 Å². The molecule has 0 spiro atoms. The second-order valence-electron chi connectivity index (χ2n) is 14.3. The van der Waals surface area contributed by atoms with Crippen LogP contribution in [-0.4, -0.2) is 43.4 Å². The summed E-state index contributed by atoms with van der Waals surface area (Å²) in [6.45, 7) is 16.8. The van der Waals surface area contributed by atoms with Crippen molar-refractivity contribution in [3.05, 3.63) is 101 Å². The van der Waals surface area contributed by atoms with Gasteiger partial charge in [-0.1, -0.05) is 119 Å². The number of rotatable bonds is 8. The quantitative estimate of drug-likeness (QED) is 0.194. The molecule has 45 heavy (non-hydrogen) atoms. The maximum absolute atomic E-state index is 14.9. The molecule has 3 aromatic rings. The Kier molecular flexibility index (Phi) is 9.69. The van der Waals surface area contributed by atoms with E-state index in [1.165, 1.54) is 12.1 Å². The van der Waals surface area contributed by atoms with E-state index in [0.29, 0.717) is 11.1 Å². The van der Waals surface area contributed by atoms with Crippen LogP contribution in [0.3, 0.4) is 0 Å². The molecule has 1 heterocycles. The van der Waals surface area contributed by atoms with Crippen LogP contribution in [0.25, 0.3) is 0 Å². The molecule has 0 aliphatic carbocycles. The maximum Gasteiger partial charge on any atom is 0.342 e. The Bertz CT molecular complexity index is 1590. The summed E-state index contributed by atoms with van der Waals surface area (Å²) in [6, 6.07) is 20.5. The first-order chi connectivity index (χ1) is 20.9. The van der Waals surface area contributed by atoms with Crippen LogP contribution in [-0.2, 0) is 33.8 Å². The number of ether oxygens (including phenoxy) is 3. The van der Waals surface area contributed by atoms with E-state index in [9.17, 15) is 18.0 Å². The monoisotopic (exact) mass is 635 g/mol. The van der Waals surface area contributed by atoms with Gasteiger partial charge in [0.15, 0.2) is 6.23 Å². The molecule has 2 atom stereocenters. The van der Waals surface area contributed by atoms with Gasteiger partial charge in [-0.15, -0.1) is 4.31 Å². The van der Waals surface area contributed by atoms with E-state index in [0.717, 1.165) is 21.0 Å². The van der Waals surface area contributed by atoms with Crippen LogP contribution >= 0.6 is 0 Å². The number of hydrogen-bond donors (Lipinski definition) is 0. The maximum atomic E-state index is 14.9. The molecule has 0 saturated carbocycles. The second-order valence-corrected chi connectivity index (χ2v) is 16.2. The van der Waals surface area contributed by atoms with Gasteiger partial charge in [-0.3, -0.25) is 0 Å². The molecule has 1 aliphatic heterocycles. The molecule has 3 aromatic carbocycles.